The maximum atomic E-state index is 12.2. The number of carbonyl (C=O) groups is 2. The molecule has 0 fully saturated rings. The summed E-state index contributed by atoms with van der Waals surface area (Å²) in [7, 11) is 0. The molecule has 3 rings (SSSR count). The molecule has 0 aliphatic heterocycles. The fourth-order valence-corrected chi connectivity index (χ4v) is 3.95. The number of hydrogen-bond acceptors (Lipinski definition) is 4. The highest BCUT2D eigenvalue weighted by Crippen LogP contribution is 2.41. The molecule has 2 amide bonds. The number of aromatic hydroxyl groups is 1. The Morgan fingerprint density at radius 1 is 1.09 bits per heavy atom. The Balaban J connectivity index is 1.49. The number of aromatic nitrogens is 1. The Bertz CT molecular complexity index is 1190. The normalized spacial score (nSPS) is 11.5. The lowest BCUT2D eigenvalue weighted by Gasteiger charge is -2.10. The zero-order valence-electron chi connectivity index (χ0n) is 18.5. The van der Waals surface area contributed by atoms with E-state index in [4.69, 9.17) is 23.2 Å². The minimum absolute atomic E-state index is 0.00765. The second-order valence-electron chi connectivity index (χ2n) is 7.94. The fourth-order valence-electron chi connectivity index (χ4n) is 3.55. The van der Waals surface area contributed by atoms with Gasteiger partial charge < -0.3 is 15.0 Å². The van der Waals surface area contributed by atoms with Crippen LogP contribution in [0, 0.1) is 0 Å². The van der Waals surface area contributed by atoms with Gasteiger partial charge in [-0.15, -0.1) is 10.2 Å². The smallest absolute Gasteiger partial charge is 0.264 e. The van der Waals surface area contributed by atoms with Gasteiger partial charge in [-0.05, 0) is 57.0 Å². The molecule has 0 aliphatic rings. The SMILES string of the molecule is CC(C)n1c(O)c(N=NC(=O)CCCCCNC(=O)c2ccccc2Cl)c2cc(Cl)ccc21. The van der Waals surface area contributed by atoms with Gasteiger partial charge in [-0.25, -0.2) is 0 Å². The summed E-state index contributed by atoms with van der Waals surface area (Å²) in [6, 6.07) is 12.1. The van der Waals surface area contributed by atoms with Crippen LogP contribution in [0.1, 0.15) is 55.9 Å². The zero-order chi connectivity index (χ0) is 24.0. The van der Waals surface area contributed by atoms with Crippen molar-refractivity contribution >= 4 is 51.6 Å². The summed E-state index contributed by atoms with van der Waals surface area (Å²) in [5.74, 6) is -0.638. The second-order valence-corrected chi connectivity index (χ2v) is 8.78. The van der Waals surface area contributed by atoms with Crippen LogP contribution in [-0.4, -0.2) is 28.0 Å². The van der Waals surface area contributed by atoms with Crippen LogP contribution in [0.4, 0.5) is 5.69 Å². The molecule has 7 nitrogen and oxygen atoms in total. The largest absolute Gasteiger partial charge is 0.493 e. The summed E-state index contributed by atoms with van der Waals surface area (Å²) in [6.07, 6.45) is 2.32. The van der Waals surface area contributed by atoms with Crippen LogP contribution in [0.2, 0.25) is 10.0 Å². The van der Waals surface area contributed by atoms with Gasteiger partial charge in [-0.3, -0.25) is 9.59 Å². The van der Waals surface area contributed by atoms with Crippen LogP contribution in [0.3, 0.4) is 0 Å². The van der Waals surface area contributed by atoms with Crippen molar-refractivity contribution in [2.45, 2.75) is 45.6 Å². The van der Waals surface area contributed by atoms with Crippen molar-refractivity contribution in [2.75, 3.05) is 6.54 Å². The van der Waals surface area contributed by atoms with Crippen LogP contribution in [-0.2, 0) is 4.79 Å². The van der Waals surface area contributed by atoms with Gasteiger partial charge in [-0.1, -0.05) is 41.8 Å². The van der Waals surface area contributed by atoms with E-state index in [-0.39, 0.29) is 35.8 Å². The number of azo groups is 1. The Hall–Kier alpha value is -2.90. The molecule has 0 unspecified atom stereocenters. The van der Waals surface area contributed by atoms with Crippen molar-refractivity contribution in [2.24, 2.45) is 10.2 Å². The predicted molar refractivity (Wildman–Crippen MR) is 131 cm³/mol. The minimum atomic E-state index is -0.373. The van der Waals surface area contributed by atoms with Gasteiger partial charge in [0.2, 0.25) is 5.88 Å². The molecule has 174 valence electrons. The Labute approximate surface area is 202 Å². The molecule has 2 N–H and O–H groups in total. The van der Waals surface area contributed by atoms with Gasteiger partial charge in [0, 0.05) is 29.4 Å². The van der Waals surface area contributed by atoms with Crippen molar-refractivity contribution in [3.63, 3.8) is 0 Å². The van der Waals surface area contributed by atoms with Gasteiger partial charge in [0.15, 0.2) is 5.69 Å². The zero-order valence-corrected chi connectivity index (χ0v) is 20.0. The summed E-state index contributed by atoms with van der Waals surface area (Å²) in [5, 5.41) is 22.8. The van der Waals surface area contributed by atoms with Gasteiger partial charge >= 0.3 is 0 Å². The Kier molecular flexibility index (Phi) is 8.47. The van der Waals surface area contributed by atoms with E-state index in [0.717, 1.165) is 18.4 Å². The van der Waals surface area contributed by atoms with E-state index >= 15 is 0 Å². The van der Waals surface area contributed by atoms with Crippen molar-refractivity contribution in [3.8, 4) is 5.88 Å². The molecular formula is C24H26Cl2N4O3. The molecule has 9 heteroatoms. The van der Waals surface area contributed by atoms with E-state index in [1.54, 1.807) is 41.0 Å². The Morgan fingerprint density at radius 2 is 1.85 bits per heavy atom. The molecular weight excluding hydrogens is 463 g/mol. The highest BCUT2D eigenvalue weighted by atomic mass is 35.5. The predicted octanol–water partition coefficient (Wildman–Crippen LogP) is 6.84. The highest BCUT2D eigenvalue weighted by Gasteiger charge is 2.19. The van der Waals surface area contributed by atoms with E-state index in [2.05, 4.69) is 15.5 Å². The molecule has 0 spiro atoms. The van der Waals surface area contributed by atoms with Crippen molar-refractivity contribution < 1.29 is 14.7 Å². The monoisotopic (exact) mass is 488 g/mol. The van der Waals surface area contributed by atoms with Crippen LogP contribution in [0.5, 0.6) is 5.88 Å². The first kappa shape index (κ1) is 24.7. The second kappa shape index (κ2) is 11.3. The quantitative estimate of drug-likeness (QED) is 0.255. The van der Waals surface area contributed by atoms with Crippen LogP contribution >= 0.6 is 23.2 Å². The number of amides is 2. The lowest BCUT2D eigenvalue weighted by Crippen LogP contribution is -2.24. The summed E-state index contributed by atoms with van der Waals surface area (Å²) in [6.45, 7) is 4.37. The summed E-state index contributed by atoms with van der Waals surface area (Å²) in [4.78, 5) is 24.3. The molecule has 1 heterocycles. The van der Waals surface area contributed by atoms with Crippen LogP contribution in [0.15, 0.2) is 52.7 Å². The molecule has 2 aromatic carbocycles. The van der Waals surface area contributed by atoms with Crippen LogP contribution in [0.25, 0.3) is 10.9 Å². The first-order chi connectivity index (χ1) is 15.8. The lowest BCUT2D eigenvalue weighted by atomic mass is 10.1. The molecule has 0 bridgehead atoms. The number of carbonyl (C=O) groups excluding carboxylic acids is 2. The molecule has 0 aliphatic carbocycles. The topological polar surface area (TPSA) is 96.0 Å². The number of rotatable bonds is 9. The highest BCUT2D eigenvalue weighted by molar-refractivity contribution is 6.33. The van der Waals surface area contributed by atoms with Gasteiger partial charge in [-0.2, -0.15) is 0 Å². The van der Waals surface area contributed by atoms with E-state index < -0.39 is 0 Å². The van der Waals surface area contributed by atoms with Gasteiger partial charge in [0.1, 0.15) is 0 Å². The van der Waals surface area contributed by atoms with Crippen LogP contribution < -0.4 is 5.32 Å². The Morgan fingerprint density at radius 3 is 2.58 bits per heavy atom. The van der Waals surface area contributed by atoms with E-state index in [1.165, 1.54) is 0 Å². The van der Waals surface area contributed by atoms with Gasteiger partial charge in [0.25, 0.3) is 11.8 Å². The molecule has 0 saturated heterocycles. The number of hydrogen-bond donors (Lipinski definition) is 2. The van der Waals surface area contributed by atoms with E-state index in [9.17, 15) is 14.7 Å². The number of nitrogens with zero attached hydrogens (tertiary/aromatic N) is 3. The number of fused-ring (bicyclic) bond motifs is 1. The lowest BCUT2D eigenvalue weighted by molar-refractivity contribution is -0.118. The third-order valence-corrected chi connectivity index (χ3v) is 5.73. The maximum Gasteiger partial charge on any atom is 0.264 e. The third kappa shape index (κ3) is 6.12. The molecule has 0 saturated carbocycles. The summed E-state index contributed by atoms with van der Waals surface area (Å²) in [5.41, 5.74) is 1.45. The molecule has 3 aromatic rings. The third-order valence-electron chi connectivity index (χ3n) is 5.16. The van der Waals surface area contributed by atoms with Gasteiger partial charge in [0.05, 0.1) is 16.1 Å². The molecule has 1 aromatic heterocycles. The van der Waals surface area contributed by atoms with Crippen molar-refractivity contribution in [1.29, 1.82) is 0 Å². The molecule has 33 heavy (non-hydrogen) atoms. The van der Waals surface area contributed by atoms with E-state index in [1.807, 2.05) is 19.9 Å². The molecule has 0 radical (unpaired) electrons. The average Bonchev–Trinajstić information content (AvgIpc) is 3.05. The first-order valence-corrected chi connectivity index (χ1v) is 11.5. The van der Waals surface area contributed by atoms with Crippen molar-refractivity contribution in [1.82, 2.24) is 9.88 Å². The standard InChI is InChI=1S/C24H26Cl2N4O3/c1-15(2)30-20-12-11-16(25)14-18(20)22(24(30)33)29-28-21(31)10-4-3-7-13-27-23(32)17-8-5-6-9-19(17)26/h5-6,8-9,11-12,14-15,33H,3-4,7,10,13H2,1-2H3,(H,27,32). The van der Waals surface area contributed by atoms with Crippen molar-refractivity contribution in [3.05, 3.63) is 58.1 Å². The number of nitrogens with one attached hydrogen (secondary N) is 1. The fraction of sp³-hybridized carbons (Fsp3) is 0.333. The summed E-state index contributed by atoms with van der Waals surface area (Å²) < 4.78 is 1.72. The maximum absolute atomic E-state index is 12.2. The summed E-state index contributed by atoms with van der Waals surface area (Å²) >= 11 is 12.1. The number of unbranched alkanes of at least 4 members (excludes halogenated alkanes) is 2. The number of benzene rings is 2. The minimum Gasteiger partial charge on any atom is -0.493 e. The van der Waals surface area contributed by atoms with E-state index in [0.29, 0.717) is 34.0 Å². The first-order valence-electron chi connectivity index (χ1n) is 10.8. The number of halogens is 2. The molecule has 0 atom stereocenters. The average molecular weight is 489 g/mol.